The first-order chi connectivity index (χ1) is 7.27. The molecule has 1 saturated heterocycles. The lowest BCUT2D eigenvalue weighted by atomic mass is 9.81. The summed E-state index contributed by atoms with van der Waals surface area (Å²) in [7, 11) is 0. The number of hydrogen-bond acceptors (Lipinski definition) is 3. The molecule has 0 spiro atoms. The predicted molar refractivity (Wildman–Crippen MR) is 57.3 cm³/mol. The minimum atomic E-state index is -0.284. The molecule has 1 saturated carbocycles. The van der Waals surface area contributed by atoms with Gasteiger partial charge in [-0.2, -0.15) is 0 Å². The number of rotatable bonds is 3. The highest BCUT2D eigenvalue weighted by molar-refractivity contribution is 5.81. The number of nitrogens with two attached hydrogens (primary N) is 1. The summed E-state index contributed by atoms with van der Waals surface area (Å²) in [5, 5.41) is 0. The van der Waals surface area contributed by atoms with Gasteiger partial charge in [0.2, 0.25) is 5.91 Å². The van der Waals surface area contributed by atoms with Crippen molar-refractivity contribution in [2.75, 3.05) is 26.3 Å². The summed E-state index contributed by atoms with van der Waals surface area (Å²) in [6, 6.07) is -0.284. The molecule has 0 radical (unpaired) electrons. The zero-order valence-electron chi connectivity index (χ0n) is 9.15. The van der Waals surface area contributed by atoms with E-state index in [2.05, 4.69) is 0 Å². The van der Waals surface area contributed by atoms with E-state index in [4.69, 9.17) is 10.5 Å². The molecule has 15 heavy (non-hydrogen) atoms. The van der Waals surface area contributed by atoms with Gasteiger partial charge in [0.25, 0.3) is 0 Å². The summed E-state index contributed by atoms with van der Waals surface area (Å²) in [5.41, 5.74) is 5.93. The molecule has 1 aliphatic heterocycles. The maximum absolute atomic E-state index is 11.9. The third-order valence-electron chi connectivity index (χ3n) is 3.45. The Balaban J connectivity index is 1.77. The van der Waals surface area contributed by atoms with Crippen molar-refractivity contribution >= 4 is 5.91 Å². The summed E-state index contributed by atoms with van der Waals surface area (Å²) >= 11 is 0. The lowest BCUT2D eigenvalue weighted by Gasteiger charge is -2.32. The maximum Gasteiger partial charge on any atom is 0.239 e. The number of carbonyl (C=O) groups is 1. The number of carbonyl (C=O) groups excluding carboxylic acids is 1. The van der Waals surface area contributed by atoms with Crippen molar-refractivity contribution < 1.29 is 9.53 Å². The molecule has 0 aromatic carbocycles. The van der Waals surface area contributed by atoms with E-state index in [0.29, 0.717) is 32.2 Å². The number of morpholine rings is 1. The van der Waals surface area contributed by atoms with Crippen LogP contribution in [0, 0.1) is 5.92 Å². The molecule has 86 valence electrons. The lowest BCUT2D eigenvalue weighted by Crippen LogP contribution is -2.49. The van der Waals surface area contributed by atoms with Crippen molar-refractivity contribution in [2.24, 2.45) is 11.7 Å². The van der Waals surface area contributed by atoms with Crippen LogP contribution in [0.25, 0.3) is 0 Å². The third-order valence-corrected chi connectivity index (χ3v) is 3.45. The van der Waals surface area contributed by atoms with Crippen LogP contribution in [-0.2, 0) is 9.53 Å². The van der Waals surface area contributed by atoms with E-state index in [-0.39, 0.29) is 11.9 Å². The van der Waals surface area contributed by atoms with E-state index in [9.17, 15) is 4.79 Å². The van der Waals surface area contributed by atoms with Gasteiger partial charge in [-0.1, -0.05) is 19.3 Å². The fraction of sp³-hybridized carbons (Fsp3) is 0.909. The molecule has 0 bridgehead atoms. The molecule has 1 amide bonds. The molecule has 2 aliphatic rings. The molecule has 1 unspecified atom stereocenters. The zero-order valence-corrected chi connectivity index (χ0v) is 9.15. The minimum Gasteiger partial charge on any atom is -0.378 e. The van der Waals surface area contributed by atoms with Crippen LogP contribution >= 0.6 is 0 Å². The third kappa shape index (κ3) is 2.69. The fourth-order valence-corrected chi connectivity index (χ4v) is 2.21. The van der Waals surface area contributed by atoms with Crippen molar-refractivity contribution in [3.05, 3.63) is 0 Å². The number of hydrogen-bond donors (Lipinski definition) is 1. The van der Waals surface area contributed by atoms with E-state index in [0.717, 1.165) is 6.42 Å². The van der Waals surface area contributed by atoms with E-state index in [1.54, 1.807) is 0 Å². The van der Waals surface area contributed by atoms with Gasteiger partial charge >= 0.3 is 0 Å². The Bertz CT molecular complexity index is 223. The Morgan fingerprint density at radius 3 is 2.60 bits per heavy atom. The van der Waals surface area contributed by atoms with Crippen LogP contribution in [0.15, 0.2) is 0 Å². The second kappa shape index (κ2) is 4.94. The average molecular weight is 212 g/mol. The van der Waals surface area contributed by atoms with Crippen molar-refractivity contribution in [1.29, 1.82) is 0 Å². The molecule has 1 heterocycles. The molecule has 0 aromatic heterocycles. The van der Waals surface area contributed by atoms with E-state index in [1.165, 1.54) is 19.3 Å². The molecule has 0 aromatic rings. The zero-order chi connectivity index (χ0) is 10.7. The first kappa shape index (κ1) is 10.9. The van der Waals surface area contributed by atoms with Gasteiger partial charge in [-0.15, -0.1) is 0 Å². The summed E-state index contributed by atoms with van der Waals surface area (Å²) < 4.78 is 5.21. The monoisotopic (exact) mass is 212 g/mol. The first-order valence-corrected chi connectivity index (χ1v) is 5.89. The minimum absolute atomic E-state index is 0.116. The first-order valence-electron chi connectivity index (χ1n) is 5.89. The molecule has 4 heteroatoms. The fourth-order valence-electron chi connectivity index (χ4n) is 2.21. The highest BCUT2D eigenvalue weighted by Gasteiger charge is 2.27. The van der Waals surface area contributed by atoms with Gasteiger partial charge in [-0.05, 0) is 12.3 Å². The smallest absolute Gasteiger partial charge is 0.239 e. The Morgan fingerprint density at radius 2 is 2.07 bits per heavy atom. The lowest BCUT2D eigenvalue weighted by molar-refractivity contribution is -0.137. The van der Waals surface area contributed by atoms with Crippen molar-refractivity contribution in [2.45, 2.75) is 31.7 Å². The van der Waals surface area contributed by atoms with Gasteiger partial charge in [-0.3, -0.25) is 4.79 Å². The van der Waals surface area contributed by atoms with Crippen LogP contribution in [0.1, 0.15) is 25.7 Å². The van der Waals surface area contributed by atoms with Gasteiger partial charge in [0.15, 0.2) is 0 Å². The largest absolute Gasteiger partial charge is 0.378 e. The van der Waals surface area contributed by atoms with Crippen molar-refractivity contribution in [1.82, 2.24) is 4.90 Å². The SMILES string of the molecule is NC(CC1CCC1)C(=O)N1CCOCC1. The molecule has 2 N–H and O–H groups in total. The molecule has 1 aliphatic carbocycles. The topological polar surface area (TPSA) is 55.6 Å². The molecule has 2 rings (SSSR count). The van der Waals surface area contributed by atoms with E-state index >= 15 is 0 Å². The number of amides is 1. The molecular weight excluding hydrogens is 192 g/mol. The van der Waals surface area contributed by atoms with E-state index in [1.807, 2.05) is 4.90 Å². The maximum atomic E-state index is 11.9. The van der Waals surface area contributed by atoms with Crippen LogP contribution in [0.5, 0.6) is 0 Å². The summed E-state index contributed by atoms with van der Waals surface area (Å²) in [5.74, 6) is 0.815. The second-order valence-corrected chi connectivity index (χ2v) is 4.58. The standard InChI is InChI=1S/C11H20N2O2/c12-10(8-9-2-1-3-9)11(14)13-4-6-15-7-5-13/h9-10H,1-8,12H2. The van der Waals surface area contributed by atoms with Gasteiger partial charge in [0, 0.05) is 13.1 Å². The Labute approximate surface area is 90.8 Å². The number of ether oxygens (including phenoxy) is 1. The molecular formula is C11H20N2O2. The van der Waals surface area contributed by atoms with Crippen LogP contribution in [0.4, 0.5) is 0 Å². The van der Waals surface area contributed by atoms with Crippen LogP contribution in [-0.4, -0.2) is 43.2 Å². The summed E-state index contributed by atoms with van der Waals surface area (Å²) in [6.07, 6.45) is 4.69. The van der Waals surface area contributed by atoms with Crippen LogP contribution in [0.3, 0.4) is 0 Å². The average Bonchev–Trinajstić information content (AvgIpc) is 2.23. The highest BCUT2D eigenvalue weighted by atomic mass is 16.5. The van der Waals surface area contributed by atoms with Gasteiger partial charge in [-0.25, -0.2) is 0 Å². The van der Waals surface area contributed by atoms with Crippen LogP contribution in [0.2, 0.25) is 0 Å². The summed E-state index contributed by atoms with van der Waals surface area (Å²) in [6.45, 7) is 2.72. The predicted octanol–water partition coefficient (Wildman–Crippen LogP) is 0.363. The van der Waals surface area contributed by atoms with Gasteiger partial charge in [0.1, 0.15) is 0 Å². The Morgan fingerprint density at radius 1 is 1.40 bits per heavy atom. The quantitative estimate of drug-likeness (QED) is 0.735. The molecule has 1 atom stereocenters. The molecule has 2 fully saturated rings. The summed E-state index contributed by atoms with van der Waals surface area (Å²) in [4.78, 5) is 13.8. The van der Waals surface area contributed by atoms with Gasteiger partial charge < -0.3 is 15.4 Å². The van der Waals surface area contributed by atoms with Crippen LogP contribution < -0.4 is 5.73 Å². The highest BCUT2D eigenvalue weighted by Crippen LogP contribution is 2.30. The van der Waals surface area contributed by atoms with Crippen molar-refractivity contribution in [3.63, 3.8) is 0 Å². The van der Waals surface area contributed by atoms with Crippen molar-refractivity contribution in [3.8, 4) is 0 Å². The normalized spacial score (nSPS) is 24.7. The Hall–Kier alpha value is -0.610. The molecule has 4 nitrogen and oxygen atoms in total. The van der Waals surface area contributed by atoms with Gasteiger partial charge in [0.05, 0.1) is 19.3 Å². The number of nitrogens with zero attached hydrogens (tertiary/aromatic N) is 1. The van der Waals surface area contributed by atoms with E-state index < -0.39 is 0 Å². The second-order valence-electron chi connectivity index (χ2n) is 4.58. The Kier molecular flexibility index (Phi) is 3.59.